The van der Waals surface area contributed by atoms with E-state index in [0.29, 0.717) is 5.56 Å². The van der Waals surface area contributed by atoms with Crippen LogP contribution in [0.25, 0.3) is 6.08 Å². The van der Waals surface area contributed by atoms with Gasteiger partial charge in [-0.05, 0) is 40.1 Å². The van der Waals surface area contributed by atoms with E-state index in [1.807, 2.05) is 27.7 Å². The lowest BCUT2D eigenvalue weighted by molar-refractivity contribution is -0.140. The number of nitrogens with zero attached hydrogens (tertiary/aromatic N) is 2. The van der Waals surface area contributed by atoms with Crippen LogP contribution in [0.5, 0.6) is 0 Å². The van der Waals surface area contributed by atoms with Crippen molar-refractivity contribution < 1.29 is 24.0 Å². The molecule has 0 aliphatic carbocycles. The highest BCUT2D eigenvalue weighted by molar-refractivity contribution is 6.56. The number of amides is 1. The van der Waals surface area contributed by atoms with E-state index < -0.39 is 30.3 Å². The van der Waals surface area contributed by atoms with Gasteiger partial charge in [0.2, 0.25) is 5.91 Å². The lowest BCUT2D eigenvalue weighted by atomic mass is 9.77. The maximum Gasteiger partial charge on any atom is 0.492 e. The van der Waals surface area contributed by atoms with Crippen LogP contribution in [-0.4, -0.2) is 51.6 Å². The molecule has 9 heteroatoms. The van der Waals surface area contributed by atoms with Crippen molar-refractivity contribution in [3.63, 3.8) is 0 Å². The molecule has 2 heterocycles. The van der Waals surface area contributed by atoms with E-state index in [9.17, 15) is 9.59 Å². The maximum absolute atomic E-state index is 11.3. The van der Waals surface area contributed by atoms with Crippen molar-refractivity contribution in [3.05, 3.63) is 23.4 Å². The number of carboxylic acid groups (broad SMARTS) is 1. The molecular weight excluding hydrogens is 337 g/mol. The predicted molar refractivity (Wildman–Crippen MR) is 97.3 cm³/mol. The highest BCUT2D eigenvalue weighted by atomic mass is 16.7. The third-order valence-corrected chi connectivity index (χ3v) is 4.83. The number of rotatable bonds is 6. The van der Waals surface area contributed by atoms with Crippen LogP contribution in [-0.2, 0) is 18.9 Å². The summed E-state index contributed by atoms with van der Waals surface area (Å²) in [4.78, 5) is 22.4. The van der Waals surface area contributed by atoms with Crippen LogP contribution < -0.4 is 5.32 Å². The van der Waals surface area contributed by atoms with Gasteiger partial charge in [0, 0.05) is 25.2 Å². The zero-order chi connectivity index (χ0) is 19.7. The molecule has 1 amide bonds. The molecule has 0 spiro atoms. The van der Waals surface area contributed by atoms with Gasteiger partial charge in [0.1, 0.15) is 6.04 Å². The summed E-state index contributed by atoms with van der Waals surface area (Å²) in [6.45, 7) is 11.1. The van der Waals surface area contributed by atoms with Gasteiger partial charge in [-0.3, -0.25) is 9.48 Å². The average molecular weight is 363 g/mol. The molecule has 1 aromatic rings. The molecule has 0 bridgehead atoms. The first kappa shape index (κ1) is 20.2. The van der Waals surface area contributed by atoms with E-state index in [4.69, 9.17) is 14.4 Å². The maximum atomic E-state index is 11.3. The van der Waals surface area contributed by atoms with Gasteiger partial charge in [-0.25, -0.2) is 4.79 Å². The predicted octanol–water partition coefficient (Wildman–Crippen LogP) is 1.68. The Bertz CT molecular complexity index is 710. The van der Waals surface area contributed by atoms with Crippen LogP contribution in [0, 0.1) is 0 Å². The van der Waals surface area contributed by atoms with Crippen molar-refractivity contribution in [2.24, 2.45) is 0 Å². The number of carbonyl (C=O) groups is 2. The molecule has 142 valence electrons. The zero-order valence-corrected chi connectivity index (χ0v) is 16.1. The van der Waals surface area contributed by atoms with Crippen molar-refractivity contribution in [2.45, 2.75) is 58.8 Å². The SMILES string of the molecule is CC(=O)NCC(=Cc1cnn([C@@H](C)C(=O)O)c1)B1OC(C)(C)C(C)(C)O1. The van der Waals surface area contributed by atoms with Gasteiger partial charge in [-0.15, -0.1) is 0 Å². The minimum atomic E-state index is -0.965. The van der Waals surface area contributed by atoms with E-state index in [2.05, 4.69) is 10.4 Å². The Morgan fingerprint density at radius 2 is 1.92 bits per heavy atom. The standard InChI is InChI=1S/C17H26BN3O5/c1-11(15(23)24)21-10-13(8-20-21)7-14(9-19-12(2)22)18-25-16(3,4)17(5,6)26-18/h7-8,10-11H,9H2,1-6H3,(H,19,22)(H,23,24)/t11-/m0/s1. The van der Waals surface area contributed by atoms with E-state index in [0.717, 1.165) is 5.47 Å². The number of carbonyl (C=O) groups excluding carboxylic acids is 1. The number of hydrogen-bond donors (Lipinski definition) is 2. The lowest BCUT2D eigenvalue weighted by Gasteiger charge is -2.32. The fourth-order valence-corrected chi connectivity index (χ4v) is 2.39. The zero-order valence-electron chi connectivity index (χ0n) is 16.1. The van der Waals surface area contributed by atoms with Crippen LogP contribution in [0.2, 0.25) is 0 Å². The fourth-order valence-electron chi connectivity index (χ4n) is 2.39. The molecule has 8 nitrogen and oxygen atoms in total. The number of nitrogens with one attached hydrogen (secondary N) is 1. The van der Waals surface area contributed by atoms with E-state index in [-0.39, 0.29) is 12.5 Å². The van der Waals surface area contributed by atoms with Gasteiger partial charge in [-0.1, -0.05) is 6.08 Å². The summed E-state index contributed by atoms with van der Waals surface area (Å²) >= 11 is 0. The quantitative estimate of drug-likeness (QED) is 0.746. The van der Waals surface area contributed by atoms with Crippen molar-refractivity contribution in [1.29, 1.82) is 0 Å². The minimum absolute atomic E-state index is 0.164. The fraction of sp³-hybridized carbons (Fsp3) is 0.588. The van der Waals surface area contributed by atoms with Crippen LogP contribution in [0.3, 0.4) is 0 Å². The molecule has 2 N–H and O–H groups in total. The molecular formula is C17H26BN3O5. The molecule has 1 saturated heterocycles. The third kappa shape index (κ3) is 4.34. The highest BCUT2D eigenvalue weighted by Gasteiger charge is 2.52. The summed E-state index contributed by atoms with van der Waals surface area (Å²) in [5.74, 6) is -1.13. The molecule has 1 fully saturated rings. The molecule has 0 unspecified atom stereocenters. The summed E-state index contributed by atoms with van der Waals surface area (Å²) in [6.07, 6.45) is 5.01. The van der Waals surface area contributed by atoms with Crippen LogP contribution >= 0.6 is 0 Å². The van der Waals surface area contributed by atoms with Gasteiger partial charge in [-0.2, -0.15) is 5.10 Å². The summed E-state index contributed by atoms with van der Waals surface area (Å²) in [6, 6.07) is -0.771. The van der Waals surface area contributed by atoms with Crippen molar-refractivity contribution in [3.8, 4) is 0 Å². The van der Waals surface area contributed by atoms with Gasteiger partial charge < -0.3 is 19.7 Å². The van der Waals surface area contributed by atoms with E-state index in [1.54, 1.807) is 25.4 Å². The Labute approximate surface area is 153 Å². The largest absolute Gasteiger partial charge is 0.492 e. The summed E-state index contributed by atoms with van der Waals surface area (Å²) in [7, 11) is -0.618. The third-order valence-electron chi connectivity index (χ3n) is 4.83. The Morgan fingerprint density at radius 3 is 2.42 bits per heavy atom. The monoisotopic (exact) mass is 363 g/mol. The molecule has 2 rings (SSSR count). The molecule has 1 atom stereocenters. The Kier molecular flexibility index (Phi) is 5.62. The smallest absolute Gasteiger partial charge is 0.480 e. The number of hydrogen-bond acceptors (Lipinski definition) is 5. The summed E-state index contributed by atoms with van der Waals surface area (Å²) in [5.41, 5.74) is 0.416. The number of aliphatic carboxylic acids is 1. The van der Waals surface area contributed by atoms with Crippen LogP contribution in [0.15, 0.2) is 17.9 Å². The first-order chi connectivity index (χ1) is 11.9. The molecule has 0 aromatic carbocycles. The normalized spacial score (nSPS) is 20.1. The van der Waals surface area contributed by atoms with Crippen molar-refractivity contribution in [1.82, 2.24) is 15.1 Å². The van der Waals surface area contributed by atoms with Gasteiger partial charge in [0.15, 0.2) is 0 Å². The second-order valence-electron chi connectivity index (χ2n) is 7.49. The Balaban J connectivity index is 2.29. The second-order valence-corrected chi connectivity index (χ2v) is 7.49. The van der Waals surface area contributed by atoms with Crippen molar-refractivity contribution in [2.75, 3.05) is 6.54 Å². The van der Waals surface area contributed by atoms with Gasteiger partial charge >= 0.3 is 13.1 Å². The van der Waals surface area contributed by atoms with Crippen LogP contribution in [0.4, 0.5) is 0 Å². The van der Waals surface area contributed by atoms with Gasteiger partial charge in [0.05, 0.1) is 17.4 Å². The minimum Gasteiger partial charge on any atom is -0.480 e. The topological polar surface area (TPSA) is 103 Å². The summed E-state index contributed by atoms with van der Waals surface area (Å²) < 4.78 is 13.5. The second kappa shape index (κ2) is 7.24. The molecule has 1 aliphatic rings. The van der Waals surface area contributed by atoms with Crippen LogP contribution in [0.1, 0.15) is 53.1 Å². The number of aromatic nitrogens is 2. The lowest BCUT2D eigenvalue weighted by Crippen LogP contribution is -2.41. The molecule has 0 radical (unpaired) electrons. The Hall–Kier alpha value is -2.13. The Morgan fingerprint density at radius 1 is 1.35 bits per heavy atom. The van der Waals surface area contributed by atoms with E-state index >= 15 is 0 Å². The first-order valence-electron chi connectivity index (χ1n) is 8.50. The average Bonchev–Trinajstić information content (AvgIpc) is 3.05. The van der Waals surface area contributed by atoms with Crippen molar-refractivity contribution >= 4 is 25.1 Å². The highest BCUT2D eigenvalue weighted by Crippen LogP contribution is 2.38. The first-order valence-corrected chi connectivity index (χ1v) is 8.50. The molecule has 1 aliphatic heterocycles. The summed E-state index contributed by atoms with van der Waals surface area (Å²) in [5, 5.41) is 15.9. The molecule has 26 heavy (non-hydrogen) atoms. The molecule has 0 saturated carbocycles. The number of carboxylic acids is 1. The molecule has 1 aromatic heterocycles. The van der Waals surface area contributed by atoms with E-state index in [1.165, 1.54) is 11.6 Å². The van der Waals surface area contributed by atoms with Gasteiger partial charge in [0.25, 0.3) is 0 Å².